The van der Waals surface area contributed by atoms with Gasteiger partial charge in [-0.3, -0.25) is 4.98 Å². The predicted molar refractivity (Wildman–Crippen MR) is 128 cm³/mol. The quantitative estimate of drug-likeness (QED) is 0.408. The molecule has 0 amide bonds. The molecule has 2 heterocycles. The minimum atomic E-state index is -0.348. The standard InChI is InChI=1S/C27H33FN4O/c1-18(2)24-13-21(14-26-30-31-27(33-26)23-9-5-6-10-25(23)28)19(3)12-22(24)17-32(4)16-20-8-7-11-29-15-20/h5-12,15,18,21-22,24H,13-14,16-17H2,1-4H3/t21-,22-,24-/m0/s1. The lowest BCUT2D eigenvalue weighted by molar-refractivity contribution is 0.173. The Bertz CT molecular complexity index is 1080. The van der Waals surface area contributed by atoms with Crippen LogP contribution in [0.3, 0.4) is 0 Å². The van der Waals surface area contributed by atoms with Gasteiger partial charge in [0.25, 0.3) is 5.89 Å². The maximum absolute atomic E-state index is 14.1. The van der Waals surface area contributed by atoms with Crippen molar-refractivity contribution in [2.45, 2.75) is 40.2 Å². The van der Waals surface area contributed by atoms with E-state index in [1.807, 2.05) is 18.5 Å². The number of pyridine rings is 1. The third-order valence-corrected chi connectivity index (χ3v) is 6.77. The molecule has 174 valence electrons. The zero-order chi connectivity index (χ0) is 23.4. The van der Waals surface area contributed by atoms with Crippen molar-refractivity contribution in [3.8, 4) is 11.5 Å². The van der Waals surface area contributed by atoms with E-state index in [0.717, 1.165) is 19.5 Å². The average Bonchev–Trinajstić information content (AvgIpc) is 3.24. The van der Waals surface area contributed by atoms with Gasteiger partial charge >= 0.3 is 0 Å². The molecule has 0 saturated heterocycles. The lowest BCUT2D eigenvalue weighted by Crippen LogP contribution is -2.35. The van der Waals surface area contributed by atoms with Crippen LogP contribution in [-0.4, -0.2) is 33.7 Å². The number of halogens is 1. The number of hydrogen-bond acceptors (Lipinski definition) is 5. The molecule has 3 atom stereocenters. The maximum Gasteiger partial charge on any atom is 0.250 e. The Morgan fingerprint density at radius 1 is 1.15 bits per heavy atom. The zero-order valence-electron chi connectivity index (χ0n) is 19.9. The van der Waals surface area contributed by atoms with Crippen molar-refractivity contribution in [2.75, 3.05) is 13.6 Å². The van der Waals surface area contributed by atoms with E-state index >= 15 is 0 Å². The van der Waals surface area contributed by atoms with Crippen LogP contribution >= 0.6 is 0 Å². The highest BCUT2D eigenvalue weighted by Crippen LogP contribution is 2.39. The summed E-state index contributed by atoms with van der Waals surface area (Å²) < 4.78 is 19.9. The Kier molecular flexibility index (Phi) is 7.33. The molecule has 6 heteroatoms. The van der Waals surface area contributed by atoms with Gasteiger partial charge in [-0.25, -0.2) is 4.39 Å². The van der Waals surface area contributed by atoms with E-state index in [1.165, 1.54) is 17.2 Å². The summed E-state index contributed by atoms with van der Waals surface area (Å²) >= 11 is 0. The molecule has 0 spiro atoms. The first kappa shape index (κ1) is 23.3. The molecular weight excluding hydrogens is 415 g/mol. The molecular formula is C27H33FN4O. The van der Waals surface area contributed by atoms with Gasteiger partial charge < -0.3 is 9.32 Å². The second-order valence-corrected chi connectivity index (χ2v) is 9.66. The third-order valence-electron chi connectivity index (χ3n) is 6.77. The summed E-state index contributed by atoms with van der Waals surface area (Å²) in [4.78, 5) is 6.62. The Labute approximate surface area is 195 Å². The molecule has 4 rings (SSSR count). The van der Waals surface area contributed by atoms with E-state index in [1.54, 1.807) is 18.2 Å². The lowest BCUT2D eigenvalue weighted by atomic mass is 9.69. The molecule has 0 saturated carbocycles. The Hall–Kier alpha value is -2.86. The van der Waals surface area contributed by atoms with Gasteiger partial charge in [0, 0.05) is 31.9 Å². The summed E-state index contributed by atoms with van der Waals surface area (Å²) in [6.45, 7) is 8.75. The smallest absolute Gasteiger partial charge is 0.250 e. The number of nitrogens with zero attached hydrogens (tertiary/aromatic N) is 4. The number of aromatic nitrogens is 3. The van der Waals surface area contributed by atoms with Gasteiger partial charge in [-0.1, -0.05) is 43.7 Å². The number of rotatable bonds is 8. The van der Waals surface area contributed by atoms with Crippen LogP contribution in [0, 0.1) is 29.5 Å². The minimum absolute atomic E-state index is 0.246. The molecule has 33 heavy (non-hydrogen) atoms. The van der Waals surface area contributed by atoms with Crippen LogP contribution in [-0.2, 0) is 13.0 Å². The monoisotopic (exact) mass is 448 g/mol. The maximum atomic E-state index is 14.1. The van der Waals surface area contributed by atoms with Crippen LogP contribution in [0.1, 0.15) is 38.6 Å². The molecule has 5 nitrogen and oxygen atoms in total. The Morgan fingerprint density at radius 3 is 2.70 bits per heavy atom. The molecule has 0 N–H and O–H groups in total. The molecule has 1 aromatic carbocycles. The van der Waals surface area contributed by atoms with Crippen molar-refractivity contribution in [3.63, 3.8) is 0 Å². The number of allylic oxidation sites excluding steroid dienone is 1. The van der Waals surface area contributed by atoms with Gasteiger partial charge in [0.1, 0.15) is 5.82 Å². The second kappa shape index (κ2) is 10.4. The van der Waals surface area contributed by atoms with E-state index in [0.29, 0.717) is 41.5 Å². The predicted octanol–water partition coefficient (Wildman–Crippen LogP) is 5.80. The van der Waals surface area contributed by atoms with Crippen LogP contribution in [0.4, 0.5) is 4.39 Å². The summed E-state index contributed by atoms with van der Waals surface area (Å²) in [7, 11) is 2.18. The largest absolute Gasteiger partial charge is 0.421 e. The van der Waals surface area contributed by atoms with Crippen LogP contribution in [0.5, 0.6) is 0 Å². The fraction of sp³-hybridized carbons (Fsp3) is 0.444. The highest BCUT2D eigenvalue weighted by molar-refractivity contribution is 5.53. The summed E-state index contributed by atoms with van der Waals surface area (Å²) in [5, 5.41) is 8.32. The number of hydrogen-bond donors (Lipinski definition) is 0. The highest BCUT2D eigenvalue weighted by atomic mass is 19.1. The lowest BCUT2D eigenvalue weighted by Gasteiger charge is -2.38. The third kappa shape index (κ3) is 5.74. The first-order chi connectivity index (χ1) is 15.9. The Morgan fingerprint density at radius 2 is 1.97 bits per heavy atom. The second-order valence-electron chi connectivity index (χ2n) is 9.66. The summed E-state index contributed by atoms with van der Waals surface area (Å²) in [5.74, 6) is 2.47. The SMILES string of the molecule is CC1=C[C@@H](CN(C)Cc2cccnc2)[C@H](C(C)C)C[C@H]1Cc1nnc(-c2ccccc2F)o1. The molecule has 0 radical (unpaired) electrons. The van der Waals surface area contributed by atoms with Gasteiger partial charge in [-0.05, 0) is 67.8 Å². The van der Waals surface area contributed by atoms with E-state index < -0.39 is 0 Å². The summed E-state index contributed by atoms with van der Waals surface area (Å²) in [6.07, 6.45) is 7.98. The zero-order valence-corrected chi connectivity index (χ0v) is 19.9. The molecule has 1 aliphatic carbocycles. The molecule has 2 aromatic heterocycles. The van der Waals surface area contributed by atoms with Gasteiger partial charge in [-0.15, -0.1) is 10.2 Å². The average molecular weight is 449 g/mol. The van der Waals surface area contributed by atoms with Crippen LogP contribution in [0.25, 0.3) is 11.5 Å². The summed E-state index contributed by atoms with van der Waals surface area (Å²) in [6, 6.07) is 10.6. The van der Waals surface area contributed by atoms with E-state index in [-0.39, 0.29) is 11.7 Å². The fourth-order valence-electron chi connectivity index (χ4n) is 5.00. The molecule has 0 unspecified atom stereocenters. The van der Waals surface area contributed by atoms with Crippen molar-refractivity contribution >= 4 is 0 Å². The first-order valence-corrected chi connectivity index (χ1v) is 11.7. The van der Waals surface area contributed by atoms with Crippen molar-refractivity contribution in [1.82, 2.24) is 20.1 Å². The molecule has 3 aromatic rings. The normalized spacial score (nSPS) is 20.9. The topological polar surface area (TPSA) is 55.1 Å². The van der Waals surface area contributed by atoms with Crippen molar-refractivity contribution in [2.24, 2.45) is 23.7 Å². The fourth-order valence-corrected chi connectivity index (χ4v) is 5.00. The van der Waals surface area contributed by atoms with E-state index in [4.69, 9.17) is 4.42 Å². The van der Waals surface area contributed by atoms with Crippen molar-refractivity contribution in [3.05, 3.63) is 77.7 Å². The van der Waals surface area contributed by atoms with Crippen LogP contribution in [0.2, 0.25) is 0 Å². The Balaban J connectivity index is 1.45. The molecule has 1 aliphatic rings. The van der Waals surface area contributed by atoms with E-state index in [9.17, 15) is 4.39 Å². The first-order valence-electron chi connectivity index (χ1n) is 11.7. The summed E-state index contributed by atoms with van der Waals surface area (Å²) in [5.41, 5.74) is 2.96. The van der Waals surface area contributed by atoms with Crippen LogP contribution < -0.4 is 0 Å². The molecule has 0 aliphatic heterocycles. The van der Waals surface area contributed by atoms with Crippen molar-refractivity contribution < 1.29 is 8.81 Å². The van der Waals surface area contributed by atoms with Gasteiger partial charge in [0.2, 0.25) is 5.89 Å². The number of benzene rings is 1. The van der Waals surface area contributed by atoms with Crippen LogP contribution in [0.15, 0.2) is 64.9 Å². The molecule has 0 fully saturated rings. The highest BCUT2D eigenvalue weighted by Gasteiger charge is 2.33. The van der Waals surface area contributed by atoms with Crippen molar-refractivity contribution in [1.29, 1.82) is 0 Å². The van der Waals surface area contributed by atoms with Gasteiger partial charge in [0.05, 0.1) is 5.56 Å². The molecule has 0 bridgehead atoms. The van der Waals surface area contributed by atoms with Gasteiger partial charge in [-0.2, -0.15) is 0 Å². The van der Waals surface area contributed by atoms with Gasteiger partial charge in [0.15, 0.2) is 0 Å². The minimum Gasteiger partial charge on any atom is -0.421 e. The van der Waals surface area contributed by atoms with E-state index in [2.05, 4.69) is 60.0 Å².